The molecule has 0 unspecified atom stereocenters. The van der Waals surface area contributed by atoms with Gasteiger partial charge >= 0.3 is 0 Å². The van der Waals surface area contributed by atoms with Gasteiger partial charge in [-0.25, -0.2) is 0 Å². The molecule has 0 atom stereocenters. The van der Waals surface area contributed by atoms with Gasteiger partial charge in [-0.1, -0.05) is 38.8 Å². The first-order valence-corrected chi connectivity index (χ1v) is 8.27. The number of nitrogens with one attached hydrogen (secondary N) is 1. The Kier molecular flexibility index (Phi) is 4.56. The van der Waals surface area contributed by atoms with Gasteiger partial charge in [0.25, 0.3) is 5.91 Å². The summed E-state index contributed by atoms with van der Waals surface area (Å²) in [5.41, 5.74) is 0.456. The van der Waals surface area contributed by atoms with Crippen molar-refractivity contribution in [2.24, 2.45) is 0 Å². The van der Waals surface area contributed by atoms with Gasteiger partial charge in [-0.15, -0.1) is 11.3 Å². The Bertz CT molecular complexity index is 784. The van der Waals surface area contributed by atoms with E-state index >= 15 is 0 Å². The van der Waals surface area contributed by atoms with Crippen molar-refractivity contribution in [3.8, 4) is 10.7 Å². The van der Waals surface area contributed by atoms with Gasteiger partial charge in [0, 0.05) is 15.1 Å². The Morgan fingerprint density at radius 2 is 2.27 bits per heavy atom. The van der Waals surface area contributed by atoms with E-state index in [1.807, 2.05) is 17.5 Å². The van der Waals surface area contributed by atoms with E-state index in [0.717, 1.165) is 9.35 Å². The highest BCUT2D eigenvalue weighted by atomic mass is 79.9. The van der Waals surface area contributed by atoms with Crippen LogP contribution < -0.4 is 5.32 Å². The topological polar surface area (TPSA) is 68.0 Å². The molecule has 5 nitrogen and oxygen atoms in total. The minimum atomic E-state index is -0.265. The monoisotopic (exact) mass is 397 g/mol. The number of carbonyl (C=O) groups is 1. The summed E-state index contributed by atoms with van der Waals surface area (Å²) in [5, 5.41) is 9.02. The summed E-state index contributed by atoms with van der Waals surface area (Å²) in [6, 6.07) is 8.80. The van der Waals surface area contributed by atoms with Gasteiger partial charge in [0.2, 0.25) is 11.7 Å². The third-order valence-corrected chi connectivity index (χ3v) is 4.28. The first-order chi connectivity index (χ1) is 10.6. The van der Waals surface area contributed by atoms with Crippen LogP contribution in [0.15, 0.2) is 44.7 Å². The molecule has 0 saturated heterocycles. The van der Waals surface area contributed by atoms with Crippen LogP contribution in [-0.2, 0) is 6.54 Å². The van der Waals surface area contributed by atoms with Crippen LogP contribution >= 0.6 is 38.9 Å². The average Bonchev–Trinajstić information content (AvgIpc) is 3.14. The maximum atomic E-state index is 12.1. The molecule has 0 aliphatic rings. The maximum Gasteiger partial charge on any atom is 0.251 e. The number of aromatic nitrogens is 2. The van der Waals surface area contributed by atoms with E-state index in [2.05, 4.69) is 31.4 Å². The van der Waals surface area contributed by atoms with Crippen molar-refractivity contribution >= 4 is 44.8 Å². The van der Waals surface area contributed by atoms with Gasteiger partial charge in [-0.2, -0.15) is 4.98 Å². The minimum Gasteiger partial charge on any atom is -0.343 e. The second-order valence-electron chi connectivity index (χ2n) is 4.33. The standard InChI is InChI=1S/C14H9BrClN3O2S/c15-9-4-8(5-10(16)6-9)14(20)17-7-12-18-13(19-21-12)11-2-1-3-22-11/h1-6H,7H2,(H,17,20). The quantitative estimate of drug-likeness (QED) is 0.717. The van der Waals surface area contributed by atoms with E-state index in [1.54, 1.807) is 18.2 Å². The molecule has 8 heteroatoms. The predicted molar refractivity (Wildman–Crippen MR) is 87.9 cm³/mol. The largest absolute Gasteiger partial charge is 0.343 e. The Balaban J connectivity index is 1.66. The summed E-state index contributed by atoms with van der Waals surface area (Å²) in [4.78, 5) is 17.2. The molecule has 1 N–H and O–H groups in total. The van der Waals surface area contributed by atoms with Crippen molar-refractivity contribution in [2.45, 2.75) is 6.54 Å². The highest BCUT2D eigenvalue weighted by Crippen LogP contribution is 2.21. The molecule has 2 aromatic heterocycles. The molecule has 3 rings (SSSR count). The van der Waals surface area contributed by atoms with Crippen molar-refractivity contribution < 1.29 is 9.32 Å². The number of hydrogen-bond donors (Lipinski definition) is 1. The van der Waals surface area contributed by atoms with Gasteiger partial charge in [0.15, 0.2) is 0 Å². The van der Waals surface area contributed by atoms with Crippen LogP contribution in [0.25, 0.3) is 10.7 Å². The van der Waals surface area contributed by atoms with E-state index in [9.17, 15) is 4.79 Å². The first-order valence-electron chi connectivity index (χ1n) is 6.22. The molecule has 0 fully saturated rings. The molecule has 0 spiro atoms. The zero-order valence-corrected chi connectivity index (χ0v) is 14.2. The maximum absolute atomic E-state index is 12.1. The number of thiophene rings is 1. The smallest absolute Gasteiger partial charge is 0.251 e. The lowest BCUT2D eigenvalue weighted by Crippen LogP contribution is -2.22. The summed E-state index contributed by atoms with van der Waals surface area (Å²) in [6.45, 7) is 0.154. The van der Waals surface area contributed by atoms with E-state index in [1.165, 1.54) is 11.3 Å². The average molecular weight is 399 g/mol. The van der Waals surface area contributed by atoms with Crippen molar-refractivity contribution in [3.05, 3.63) is 56.7 Å². The van der Waals surface area contributed by atoms with E-state index in [4.69, 9.17) is 16.1 Å². The van der Waals surface area contributed by atoms with Gasteiger partial charge in [0.1, 0.15) is 0 Å². The number of rotatable bonds is 4. The Morgan fingerprint density at radius 3 is 3.00 bits per heavy atom. The van der Waals surface area contributed by atoms with Crippen molar-refractivity contribution in [3.63, 3.8) is 0 Å². The van der Waals surface area contributed by atoms with Crippen molar-refractivity contribution in [1.29, 1.82) is 0 Å². The molecule has 0 saturated carbocycles. The lowest BCUT2D eigenvalue weighted by molar-refractivity contribution is 0.0946. The molecule has 112 valence electrons. The van der Waals surface area contributed by atoms with Gasteiger partial charge < -0.3 is 9.84 Å². The lowest BCUT2D eigenvalue weighted by atomic mass is 10.2. The molecule has 0 bridgehead atoms. The molecule has 2 heterocycles. The zero-order valence-electron chi connectivity index (χ0n) is 11.0. The van der Waals surface area contributed by atoms with Gasteiger partial charge in [-0.3, -0.25) is 4.79 Å². The fraction of sp³-hybridized carbons (Fsp3) is 0.0714. The molecular weight excluding hydrogens is 390 g/mol. The minimum absolute atomic E-state index is 0.154. The highest BCUT2D eigenvalue weighted by Gasteiger charge is 2.12. The SMILES string of the molecule is O=C(NCc1nc(-c2cccs2)no1)c1cc(Cl)cc(Br)c1. The predicted octanol–water partition coefficient (Wildman–Crippen LogP) is 4.14. The van der Waals surface area contributed by atoms with E-state index in [-0.39, 0.29) is 12.5 Å². The van der Waals surface area contributed by atoms with Crippen LogP contribution in [0.2, 0.25) is 5.02 Å². The van der Waals surface area contributed by atoms with Gasteiger partial charge in [0.05, 0.1) is 11.4 Å². The summed E-state index contributed by atoms with van der Waals surface area (Å²) in [6.07, 6.45) is 0. The molecular formula is C14H9BrClN3O2S. The van der Waals surface area contributed by atoms with E-state index < -0.39 is 0 Å². The van der Waals surface area contributed by atoms with Crippen LogP contribution in [0, 0.1) is 0 Å². The summed E-state index contributed by atoms with van der Waals surface area (Å²) in [7, 11) is 0. The summed E-state index contributed by atoms with van der Waals surface area (Å²) >= 11 is 10.7. The van der Waals surface area contributed by atoms with Crippen LogP contribution in [-0.4, -0.2) is 16.0 Å². The Morgan fingerprint density at radius 1 is 1.41 bits per heavy atom. The highest BCUT2D eigenvalue weighted by molar-refractivity contribution is 9.10. The molecule has 0 aliphatic heterocycles. The van der Waals surface area contributed by atoms with Crippen molar-refractivity contribution in [1.82, 2.24) is 15.5 Å². The lowest BCUT2D eigenvalue weighted by Gasteiger charge is -2.03. The normalized spacial score (nSPS) is 10.6. The van der Waals surface area contributed by atoms with Crippen LogP contribution in [0.3, 0.4) is 0 Å². The van der Waals surface area contributed by atoms with Crippen LogP contribution in [0.4, 0.5) is 0 Å². The van der Waals surface area contributed by atoms with Gasteiger partial charge in [-0.05, 0) is 29.6 Å². The van der Waals surface area contributed by atoms with Crippen LogP contribution in [0.5, 0.6) is 0 Å². The molecule has 22 heavy (non-hydrogen) atoms. The fourth-order valence-corrected chi connectivity index (χ4v) is 3.28. The number of hydrogen-bond acceptors (Lipinski definition) is 5. The number of nitrogens with zero attached hydrogens (tertiary/aromatic N) is 2. The fourth-order valence-electron chi connectivity index (χ4n) is 1.78. The Hall–Kier alpha value is -1.70. The third-order valence-electron chi connectivity index (χ3n) is 2.73. The molecule has 0 aliphatic carbocycles. The number of benzene rings is 1. The second-order valence-corrected chi connectivity index (χ2v) is 6.63. The number of carbonyl (C=O) groups excluding carboxylic acids is 1. The second kappa shape index (κ2) is 6.60. The number of halogens is 2. The Labute approximate surface area is 143 Å². The molecule has 1 amide bonds. The summed E-state index contributed by atoms with van der Waals surface area (Å²) < 4.78 is 5.86. The van der Waals surface area contributed by atoms with E-state index in [0.29, 0.717) is 22.3 Å². The first kappa shape index (κ1) is 15.2. The molecule has 1 aromatic carbocycles. The third kappa shape index (κ3) is 3.55. The molecule has 0 radical (unpaired) electrons. The van der Waals surface area contributed by atoms with Crippen LogP contribution in [0.1, 0.15) is 16.2 Å². The number of amides is 1. The summed E-state index contributed by atoms with van der Waals surface area (Å²) in [5.74, 6) is 0.599. The van der Waals surface area contributed by atoms with Crippen molar-refractivity contribution in [2.75, 3.05) is 0 Å². The zero-order chi connectivity index (χ0) is 15.5. The molecule has 3 aromatic rings.